The summed E-state index contributed by atoms with van der Waals surface area (Å²) in [5.74, 6) is 2.42. The van der Waals surface area contributed by atoms with Crippen molar-refractivity contribution in [3.63, 3.8) is 0 Å². The summed E-state index contributed by atoms with van der Waals surface area (Å²) in [6.45, 7) is 0. The third-order valence-corrected chi connectivity index (χ3v) is 4.78. The third kappa shape index (κ3) is 5.44. The predicted octanol–water partition coefficient (Wildman–Crippen LogP) is 5.76. The van der Waals surface area contributed by atoms with Gasteiger partial charge in [0.25, 0.3) is 0 Å². The zero-order valence-electron chi connectivity index (χ0n) is 17.2. The fourth-order valence-corrected chi connectivity index (χ4v) is 3.15. The molecule has 1 heterocycles. The van der Waals surface area contributed by atoms with E-state index in [1.807, 2.05) is 54.6 Å². The molecule has 0 radical (unpaired) electrons. The molecule has 4 rings (SSSR count). The highest BCUT2D eigenvalue weighted by Crippen LogP contribution is 2.32. The number of carbonyl (C=O) groups is 1. The van der Waals surface area contributed by atoms with Gasteiger partial charge in [-0.3, -0.25) is 4.79 Å². The van der Waals surface area contributed by atoms with Crippen LogP contribution in [0.4, 0.5) is 5.69 Å². The molecule has 7 nitrogen and oxygen atoms in total. The summed E-state index contributed by atoms with van der Waals surface area (Å²) in [7, 11) is 1.59. The first-order chi connectivity index (χ1) is 15.6. The summed E-state index contributed by atoms with van der Waals surface area (Å²) < 4.78 is 16.4. The zero-order valence-corrected chi connectivity index (χ0v) is 18.0. The van der Waals surface area contributed by atoms with E-state index in [4.69, 9.17) is 25.6 Å². The third-order valence-electron chi connectivity index (χ3n) is 4.55. The molecule has 0 aliphatic heterocycles. The second kappa shape index (κ2) is 9.98. The van der Waals surface area contributed by atoms with E-state index in [1.54, 1.807) is 25.3 Å². The number of amides is 1. The lowest BCUT2D eigenvalue weighted by Crippen LogP contribution is -2.13. The summed E-state index contributed by atoms with van der Waals surface area (Å²) in [4.78, 5) is 16.9. The fraction of sp³-hybridized carbons (Fsp3) is 0.125. The van der Waals surface area contributed by atoms with Gasteiger partial charge in [0.2, 0.25) is 17.6 Å². The van der Waals surface area contributed by atoms with E-state index < -0.39 is 0 Å². The standard InChI is InChI=1S/C24H20ClN3O4/c1-30-19-9-5-6-16(14-19)24-27-23(32-28-24)13-12-22(29)26-20-15-17(25)10-11-21(20)31-18-7-3-2-4-8-18/h2-11,14-15H,12-13H2,1H3,(H,26,29). The molecule has 162 valence electrons. The highest BCUT2D eigenvalue weighted by Gasteiger charge is 2.14. The van der Waals surface area contributed by atoms with E-state index >= 15 is 0 Å². The number of aryl methyl sites for hydroxylation is 1. The van der Waals surface area contributed by atoms with Gasteiger partial charge in [0, 0.05) is 23.4 Å². The lowest BCUT2D eigenvalue weighted by Gasteiger charge is -2.12. The van der Waals surface area contributed by atoms with Gasteiger partial charge in [0.1, 0.15) is 11.5 Å². The van der Waals surface area contributed by atoms with E-state index in [1.165, 1.54) is 0 Å². The number of benzene rings is 3. The fourth-order valence-electron chi connectivity index (χ4n) is 2.97. The molecule has 1 amide bonds. The van der Waals surface area contributed by atoms with Crippen LogP contribution in [0.5, 0.6) is 17.2 Å². The van der Waals surface area contributed by atoms with Crippen molar-refractivity contribution < 1.29 is 18.8 Å². The van der Waals surface area contributed by atoms with Crippen LogP contribution in [0.1, 0.15) is 12.3 Å². The largest absolute Gasteiger partial charge is 0.497 e. The molecule has 0 unspecified atom stereocenters. The Balaban J connectivity index is 1.39. The number of rotatable bonds is 8. The van der Waals surface area contributed by atoms with Crippen LogP contribution >= 0.6 is 11.6 Å². The lowest BCUT2D eigenvalue weighted by molar-refractivity contribution is -0.116. The van der Waals surface area contributed by atoms with Crippen LogP contribution in [0.3, 0.4) is 0 Å². The molecule has 0 spiro atoms. The quantitative estimate of drug-likeness (QED) is 0.368. The molecule has 0 atom stereocenters. The SMILES string of the molecule is COc1cccc(-c2noc(CCC(=O)Nc3cc(Cl)ccc3Oc3ccccc3)n2)c1. The number of nitrogens with zero attached hydrogens (tertiary/aromatic N) is 2. The van der Waals surface area contributed by atoms with Crippen LogP contribution < -0.4 is 14.8 Å². The first-order valence-corrected chi connectivity index (χ1v) is 10.3. The Kier molecular flexibility index (Phi) is 6.67. The van der Waals surface area contributed by atoms with Crippen molar-refractivity contribution in [1.29, 1.82) is 0 Å². The summed E-state index contributed by atoms with van der Waals surface area (Å²) in [5.41, 5.74) is 1.25. The van der Waals surface area contributed by atoms with Gasteiger partial charge in [-0.05, 0) is 42.5 Å². The summed E-state index contributed by atoms with van der Waals surface area (Å²) >= 11 is 6.11. The number of aromatic nitrogens is 2. The number of hydrogen-bond acceptors (Lipinski definition) is 6. The van der Waals surface area contributed by atoms with Gasteiger partial charge in [-0.1, -0.05) is 47.1 Å². The summed E-state index contributed by atoms with van der Waals surface area (Å²) in [6, 6.07) is 21.7. The molecule has 4 aromatic rings. The maximum absolute atomic E-state index is 12.5. The number of anilines is 1. The first-order valence-electron chi connectivity index (χ1n) is 9.90. The van der Waals surface area contributed by atoms with E-state index in [9.17, 15) is 4.79 Å². The van der Waals surface area contributed by atoms with Crippen LogP contribution in [0.15, 0.2) is 77.3 Å². The molecule has 0 aliphatic rings. The monoisotopic (exact) mass is 449 g/mol. The Morgan fingerprint density at radius 1 is 1.03 bits per heavy atom. The highest BCUT2D eigenvalue weighted by molar-refractivity contribution is 6.31. The lowest BCUT2D eigenvalue weighted by atomic mass is 10.2. The molecule has 1 N–H and O–H groups in total. The van der Waals surface area contributed by atoms with Gasteiger partial charge in [0.15, 0.2) is 5.75 Å². The van der Waals surface area contributed by atoms with Gasteiger partial charge < -0.3 is 19.3 Å². The first kappa shape index (κ1) is 21.4. The number of para-hydroxylation sites is 1. The molecular formula is C24H20ClN3O4. The van der Waals surface area contributed by atoms with Crippen molar-refractivity contribution in [3.05, 3.63) is 83.7 Å². The van der Waals surface area contributed by atoms with E-state index in [0.29, 0.717) is 39.7 Å². The summed E-state index contributed by atoms with van der Waals surface area (Å²) in [5, 5.41) is 7.31. The Bertz CT molecular complexity index is 1210. The molecule has 32 heavy (non-hydrogen) atoms. The van der Waals surface area contributed by atoms with Gasteiger partial charge in [0.05, 0.1) is 12.8 Å². The minimum atomic E-state index is -0.230. The van der Waals surface area contributed by atoms with Crippen molar-refractivity contribution in [2.45, 2.75) is 12.8 Å². The zero-order chi connectivity index (χ0) is 22.3. The highest BCUT2D eigenvalue weighted by atomic mass is 35.5. The normalized spacial score (nSPS) is 10.6. The number of methoxy groups -OCH3 is 1. The van der Waals surface area contributed by atoms with Gasteiger partial charge >= 0.3 is 0 Å². The van der Waals surface area contributed by atoms with Crippen molar-refractivity contribution in [2.75, 3.05) is 12.4 Å². The average Bonchev–Trinajstić information content (AvgIpc) is 3.29. The van der Waals surface area contributed by atoms with Crippen molar-refractivity contribution >= 4 is 23.2 Å². The van der Waals surface area contributed by atoms with Gasteiger partial charge in [-0.2, -0.15) is 4.98 Å². The minimum absolute atomic E-state index is 0.150. The number of carbonyl (C=O) groups excluding carboxylic acids is 1. The molecule has 0 saturated heterocycles. The Labute approximate surface area is 189 Å². The number of halogens is 1. The molecular weight excluding hydrogens is 430 g/mol. The van der Waals surface area contributed by atoms with Crippen LogP contribution in [0.2, 0.25) is 5.02 Å². The molecule has 0 aliphatic carbocycles. The maximum atomic E-state index is 12.5. The second-order valence-electron chi connectivity index (χ2n) is 6.85. The number of nitrogens with one attached hydrogen (secondary N) is 1. The molecule has 0 bridgehead atoms. The van der Waals surface area contributed by atoms with Crippen LogP contribution in [0, 0.1) is 0 Å². The van der Waals surface area contributed by atoms with Crippen molar-refractivity contribution in [1.82, 2.24) is 10.1 Å². The molecule has 1 aromatic heterocycles. The summed E-state index contributed by atoms with van der Waals surface area (Å²) in [6.07, 6.45) is 0.440. The second-order valence-corrected chi connectivity index (χ2v) is 7.28. The van der Waals surface area contributed by atoms with Crippen LogP contribution in [-0.2, 0) is 11.2 Å². The molecule has 0 fully saturated rings. The van der Waals surface area contributed by atoms with E-state index in [-0.39, 0.29) is 18.7 Å². The topological polar surface area (TPSA) is 86.5 Å². The number of hydrogen-bond donors (Lipinski definition) is 1. The van der Waals surface area contributed by atoms with Gasteiger partial charge in [-0.15, -0.1) is 0 Å². The van der Waals surface area contributed by atoms with E-state index in [0.717, 1.165) is 5.56 Å². The van der Waals surface area contributed by atoms with Gasteiger partial charge in [-0.25, -0.2) is 0 Å². The molecule has 0 saturated carbocycles. The Morgan fingerprint density at radius 3 is 2.66 bits per heavy atom. The van der Waals surface area contributed by atoms with Crippen LogP contribution in [0.25, 0.3) is 11.4 Å². The van der Waals surface area contributed by atoms with Crippen molar-refractivity contribution in [2.24, 2.45) is 0 Å². The molecule has 8 heteroatoms. The Hall–Kier alpha value is -3.84. The average molecular weight is 450 g/mol. The smallest absolute Gasteiger partial charge is 0.227 e. The van der Waals surface area contributed by atoms with E-state index in [2.05, 4.69) is 15.5 Å². The van der Waals surface area contributed by atoms with Crippen molar-refractivity contribution in [3.8, 4) is 28.6 Å². The maximum Gasteiger partial charge on any atom is 0.227 e. The predicted molar refractivity (Wildman–Crippen MR) is 121 cm³/mol. The Morgan fingerprint density at radius 2 is 1.84 bits per heavy atom. The minimum Gasteiger partial charge on any atom is -0.497 e. The van der Waals surface area contributed by atoms with Crippen LogP contribution in [-0.4, -0.2) is 23.2 Å². The molecule has 3 aromatic carbocycles. The number of ether oxygens (including phenoxy) is 2.